The maximum atomic E-state index is 13.1. The molecule has 0 spiro atoms. The van der Waals surface area contributed by atoms with E-state index in [2.05, 4.69) is 10.3 Å². The minimum Gasteiger partial charge on any atom is -0.394 e. The summed E-state index contributed by atoms with van der Waals surface area (Å²) in [5.74, 6) is 0. The van der Waals surface area contributed by atoms with Crippen LogP contribution >= 0.6 is 0 Å². The maximum absolute atomic E-state index is 13.1. The first kappa shape index (κ1) is 17.6. The first-order valence-corrected chi connectivity index (χ1v) is 7.75. The summed E-state index contributed by atoms with van der Waals surface area (Å²) < 4.78 is 51.6. The minimum atomic E-state index is -4.34. The molecular formula is C14H20F3N3O4. The Kier molecular flexibility index (Phi) is 4.58. The molecule has 0 amide bonds. The van der Waals surface area contributed by atoms with E-state index in [9.17, 15) is 23.4 Å². The summed E-state index contributed by atoms with van der Waals surface area (Å²) in [6.07, 6.45) is -5.36. The zero-order chi connectivity index (χ0) is 17.5. The van der Waals surface area contributed by atoms with E-state index in [1.807, 2.05) is 0 Å². The van der Waals surface area contributed by atoms with Crippen molar-refractivity contribution in [1.82, 2.24) is 15.0 Å². The molecule has 4 atom stereocenters. The van der Waals surface area contributed by atoms with Gasteiger partial charge in [-0.2, -0.15) is 13.2 Å². The summed E-state index contributed by atoms with van der Waals surface area (Å²) >= 11 is 0. The van der Waals surface area contributed by atoms with Crippen LogP contribution in [-0.2, 0) is 21.4 Å². The molecule has 24 heavy (non-hydrogen) atoms. The third-order valence-electron chi connectivity index (χ3n) is 4.84. The predicted octanol–water partition coefficient (Wildman–Crippen LogP) is 0.398. The molecule has 3 rings (SSSR count). The summed E-state index contributed by atoms with van der Waals surface area (Å²) in [5, 5.41) is 26.5. The highest BCUT2D eigenvalue weighted by atomic mass is 19.4. The van der Waals surface area contributed by atoms with Gasteiger partial charge in [-0.1, -0.05) is 5.21 Å². The highest BCUT2D eigenvalue weighted by Gasteiger charge is 2.66. The van der Waals surface area contributed by atoms with Gasteiger partial charge >= 0.3 is 6.18 Å². The normalized spacial score (nSPS) is 32.8. The molecule has 10 heteroatoms. The fourth-order valence-electron chi connectivity index (χ4n) is 3.12. The monoisotopic (exact) mass is 351 g/mol. The molecule has 0 bridgehead atoms. The summed E-state index contributed by atoms with van der Waals surface area (Å²) in [6.45, 7) is -0.226. The highest BCUT2D eigenvalue weighted by Crippen LogP contribution is 2.58. The Morgan fingerprint density at radius 1 is 1.42 bits per heavy atom. The van der Waals surface area contributed by atoms with E-state index in [0.29, 0.717) is 0 Å². The quantitative estimate of drug-likeness (QED) is 0.798. The van der Waals surface area contributed by atoms with Crippen LogP contribution in [0.1, 0.15) is 25.0 Å². The van der Waals surface area contributed by atoms with Crippen LogP contribution < -0.4 is 0 Å². The number of hydrogen-bond acceptors (Lipinski definition) is 6. The van der Waals surface area contributed by atoms with Crippen molar-refractivity contribution in [3.63, 3.8) is 0 Å². The van der Waals surface area contributed by atoms with Gasteiger partial charge in [-0.15, -0.1) is 5.10 Å². The summed E-state index contributed by atoms with van der Waals surface area (Å²) in [7, 11) is 1.46. The number of ether oxygens (including phenoxy) is 2. The lowest BCUT2D eigenvalue weighted by Crippen LogP contribution is -2.50. The third kappa shape index (κ3) is 3.03. The van der Waals surface area contributed by atoms with Gasteiger partial charge in [-0.3, -0.25) is 0 Å². The Hall–Kier alpha value is -1.23. The molecule has 0 radical (unpaired) electrons. The Morgan fingerprint density at radius 3 is 2.67 bits per heavy atom. The molecule has 2 heterocycles. The standard InChI is InChI=1S/C14H20F3N3O4/c1-23-9-4-8(22)11(7-21)24-10(9)5-20-6-12(18-19-20)13(2-3-13)14(15,16)17/h6,8-11,21-22H,2-5,7H2,1H3. The van der Waals surface area contributed by atoms with E-state index in [-0.39, 0.29) is 38.1 Å². The van der Waals surface area contributed by atoms with Crippen molar-refractivity contribution in [3.05, 3.63) is 11.9 Å². The number of aromatic nitrogens is 3. The number of aliphatic hydroxyl groups excluding tert-OH is 2. The van der Waals surface area contributed by atoms with Crippen molar-refractivity contribution in [3.8, 4) is 0 Å². The third-order valence-corrected chi connectivity index (χ3v) is 4.84. The van der Waals surface area contributed by atoms with Crippen LogP contribution in [0.3, 0.4) is 0 Å². The fourth-order valence-corrected chi connectivity index (χ4v) is 3.12. The molecule has 1 saturated heterocycles. The lowest BCUT2D eigenvalue weighted by molar-refractivity contribution is -0.190. The summed E-state index contributed by atoms with van der Waals surface area (Å²) in [5.41, 5.74) is -1.96. The molecular weight excluding hydrogens is 331 g/mol. The molecule has 1 aliphatic heterocycles. The van der Waals surface area contributed by atoms with Crippen LogP contribution in [0.25, 0.3) is 0 Å². The lowest BCUT2D eigenvalue weighted by Gasteiger charge is -2.38. The van der Waals surface area contributed by atoms with Gasteiger partial charge in [-0.05, 0) is 12.8 Å². The molecule has 0 aromatic carbocycles. The predicted molar refractivity (Wildman–Crippen MR) is 74.2 cm³/mol. The van der Waals surface area contributed by atoms with Gasteiger partial charge in [0, 0.05) is 19.7 Å². The first-order chi connectivity index (χ1) is 11.3. The van der Waals surface area contributed by atoms with Crippen molar-refractivity contribution in [2.75, 3.05) is 13.7 Å². The molecule has 4 unspecified atom stereocenters. The van der Waals surface area contributed by atoms with E-state index in [1.54, 1.807) is 0 Å². The van der Waals surface area contributed by atoms with Crippen LogP contribution in [0.2, 0.25) is 0 Å². The number of aliphatic hydroxyl groups is 2. The second-order valence-electron chi connectivity index (χ2n) is 6.38. The van der Waals surface area contributed by atoms with E-state index < -0.39 is 36.0 Å². The molecule has 1 saturated carbocycles. The molecule has 2 aliphatic rings. The largest absolute Gasteiger partial charge is 0.400 e. The van der Waals surface area contributed by atoms with Gasteiger partial charge < -0.3 is 19.7 Å². The van der Waals surface area contributed by atoms with Crippen LogP contribution in [0.4, 0.5) is 13.2 Å². The molecule has 1 aliphatic carbocycles. The van der Waals surface area contributed by atoms with Crippen LogP contribution in [0, 0.1) is 0 Å². The van der Waals surface area contributed by atoms with Crippen molar-refractivity contribution in [1.29, 1.82) is 0 Å². The second kappa shape index (κ2) is 6.25. The first-order valence-electron chi connectivity index (χ1n) is 7.75. The van der Waals surface area contributed by atoms with E-state index >= 15 is 0 Å². The van der Waals surface area contributed by atoms with Gasteiger partial charge in [0.05, 0.1) is 31.1 Å². The Morgan fingerprint density at radius 2 is 2.12 bits per heavy atom. The maximum Gasteiger partial charge on any atom is 0.400 e. The molecule has 2 N–H and O–H groups in total. The van der Waals surface area contributed by atoms with Gasteiger partial charge in [0.1, 0.15) is 17.6 Å². The lowest BCUT2D eigenvalue weighted by atomic mass is 9.98. The van der Waals surface area contributed by atoms with Gasteiger partial charge in [0.15, 0.2) is 0 Å². The van der Waals surface area contributed by atoms with Crippen molar-refractivity contribution in [2.45, 2.75) is 61.8 Å². The zero-order valence-corrected chi connectivity index (χ0v) is 13.1. The van der Waals surface area contributed by atoms with Crippen molar-refractivity contribution in [2.24, 2.45) is 0 Å². The van der Waals surface area contributed by atoms with Crippen molar-refractivity contribution < 1.29 is 32.9 Å². The van der Waals surface area contributed by atoms with E-state index in [0.717, 1.165) is 0 Å². The van der Waals surface area contributed by atoms with Crippen LogP contribution in [0.15, 0.2) is 6.20 Å². The second-order valence-corrected chi connectivity index (χ2v) is 6.38. The number of hydrogen-bond donors (Lipinski definition) is 2. The summed E-state index contributed by atoms with van der Waals surface area (Å²) in [4.78, 5) is 0. The SMILES string of the molecule is COC1CC(O)C(CO)OC1Cn1cc(C2(C(F)(F)F)CC2)nn1. The molecule has 7 nitrogen and oxygen atoms in total. The molecule has 1 aromatic rings. The highest BCUT2D eigenvalue weighted by molar-refractivity contribution is 5.24. The fraction of sp³-hybridized carbons (Fsp3) is 0.857. The zero-order valence-electron chi connectivity index (χ0n) is 13.1. The topological polar surface area (TPSA) is 89.6 Å². The van der Waals surface area contributed by atoms with Crippen molar-refractivity contribution >= 4 is 0 Å². The van der Waals surface area contributed by atoms with Gasteiger partial charge in [-0.25, -0.2) is 4.68 Å². The number of methoxy groups -OCH3 is 1. The van der Waals surface area contributed by atoms with E-state index in [1.165, 1.54) is 18.0 Å². The Bertz CT molecular complexity index is 576. The van der Waals surface area contributed by atoms with Gasteiger partial charge in [0.2, 0.25) is 0 Å². The molecule has 2 fully saturated rings. The smallest absolute Gasteiger partial charge is 0.394 e. The average molecular weight is 351 g/mol. The van der Waals surface area contributed by atoms with Crippen LogP contribution in [-0.4, -0.2) is 69.5 Å². The molecule has 1 aromatic heterocycles. The van der Waals surface area contributed by atoms with E-state index in [4.69, 9.17) is 9.47 Å². The number of alkyl halides is 3. The minimum absolute atomic E-state index is 0.0224. The average Bonchev–Trinajstić information content (AvgIpc) is 3.23. The number of halogens is 3. The number of rotatable bonds is 5. The molecule has 136 valence electrons. The Labute approximate surface area is 136 Å². The Balaban J connectivity index is 1.72. The van der Waals surface area contributed by atoms with Gasteiger partial charge in [0.25, 0.3) is 0 Å². The summed E-state index contributed by atoms with van der Waals surface area (Å²) in [6, 6.07) is 0. The number of nitrogens with zero attached hydrogens (tertiary/aromatic N) is 3. The van der Waals surface area contributed by atoms with Crippen LogP contribution in [0.5, 0.6) is 0 Å².